The van der Waals surface area contributed by atoms with Crippen LogP contribution in [0, 0.1) is 0 Å². The first-order chi connectivity index (χ1) is 15.6. The summed E-state index contributed by atoms with van der Waals surface area (Å²) in [6, 6.07) is 22.6. The Bertz CT molecular complexity index is 1170. The molecule has 162 valence electrons. The Balaban J connectivity index is 1.58. The van der Waals surface area contributed by atoms with Gasteiger partial charge in [-0.25, -0.2) is 0 Å². The molecule has 0 radical (unpaired) electrons. The molecule has 6 nitrogen and oxygen atoms in total. The predicted molar refractivity (Wildman–Crippen MR) is 127 cm³/mol. The van der Waals surface area contributed by atoms with Gasteiger partial charge >= 0.3 is 0 Å². The lowest BCUT2D eigenvalue weighted by atomic mass is 10.0. The number of nitrogens with zero attached hydrogens (tertiary/aromatic N) is 2. The Kier molecular flexibility index (Phi) is 6.31. The lowest BCUT2D eigenvalue weighted by Gasteiger charge is -2.22. The van der Waals surface area contributed by atoms with Crippen molar-refractivity contribution in [3.63, 3.8) is 0 Å². The summed E-state index contributed by atoms with van der Waals surface area (Å²) < 4.78 is 5.20. The Labute approximate surface area is 187 Å². The lowest BCUT2D eigenvalue weighted by Crippen LogP contribution is -2.38. The normalized spacial score (nSPS) is 13.1. The number of carbonyl (C=O) groups excluding carboxylic acids is 2. The molecular formula is C26H25N3O3. The first-order valence-electron chi connectivity index (χ1n) is 10.6. The van der Waals surface area contributed by atoms with Crippen molar-refractivity contribution in [3.05, 3.63) is 83.9 Å². The maximum atomic E-state index is 13.2. The van der Waals surface area contributed by atoms with E-state index in [1.807, 2.05) is 36.4 Å². The van der Waals surface area contributed by atoms with Crippen LogP contribution in [0.1, 0.15) is 24.5 Å². The second-order valence-corrected chi connectivity index (χ2v) is 7.53. The molecule has 0 aromatic heterocycles. The second kappa shape index (κ2) is 9.47. The van der Waals surface area contributed by atoms with Gasteiger partial charge < -0.3 is 15.0 Å². The Morgan fingerprint density at radius 2 is 1.84 bits per heavy atom. The van der Waals surface area contributed by atoms with Gasteiger partial charge in [-0.15, -0.1) is 0 Å². The molecule has 3 aromatic rings. The van der Waals surface area contributed by atoms with E-state index in [4.69, 9.17) is 9.73 Å². The molecular weight excluding hydrogens is 402 g/mol. The summed E-state index contributed by atoms with van der Waals surface area (Å²) in [6.45, 7) is 2.00. The van der Waals surface area contributed by atoms with Crippen LogP contribution in [-0.2, 0) is 16.0 Å². The fourth-order valence-electron chi connectivity index (χ4n) is 3.66. The van der Waals surface area contributed by atoms with E-state index in [0.29, 0.717) is 28.5 Å². The molecule has 1 heterocycles. The van der Waals surface area contributed by atoms with Crippen molar-refractivity contribution in [1.29, 1.82) is 0 Å². The van der Waals surface area contributed by atoms with Crippen LogP contribution in [0.3, 0.4) is 0 Å². The number of fused-ring (bicyclic) bond motifs is 1. The van der Waals surface area contributed by atoms with Gasteiger partial charge in [-0.2, -0.15) is 0 Å². The molecule has 0 bridgehead atoms. The van der Waals surface area contributed by atoms with E-state index >= 15 is 0 Å². The van der Waals surface area contributed by atoms with Gasteiger partial charge in [0.05, 0.1) is 30.6 Å². The number of rotatable bonds is 6. The molecule has 3 aromatic carbocycles. The molecule has 1 aliphatic heterocycles. The number of amides is 2. The largest absolute Gasteiger partial charge is 0.497 e. The van der Waals surface area contributed by atoms with Gasteiger partial charge in [0.15, 0.2) is 0 Å². The average molecular weight is 428 g/mol. The fraction of sp³-hybridized carbons (Fsp3) is 0.192. The Hall–Kier alpha value is -3.93. The van der Waals surface area contributed by atoms with Crippen LogP contribution in [0.25, 0.3) is 0 Å². The highest BCUT2D eigenvalue weighted by molar-refractivity contribution is 6.19. The van der Waals surface area contributed by atoms with Crippen LogP contribution < -0.4 is 15.0 Å². The third kappa shape index (κ3) is 4.70. The minimum absolute atomic E-state index is 0.107. The summed E-state index contributed by atoms with van der Waals surface area (Å²) in [5.41, 5.74) is 4.73. The number of ether oxygens (including phenoxy) is 1. The third-order valence-corrected chi connectivity index (χ3v) is 5.40. The van der Waals surface area contributed by atoms with Crippen LogP contribution in [0.5, 0.6) is 5.75 Å². The minimum atomic E-state index is -0.294. The highest BCUT2D eigenvalue weighted by atomic mass is 16.5. The molecule has 0 atom stereocenters. The van der Waals surface area contributed by atoms with Crippen LogP contribution >= 0.6 is 0 Å². The summed E-state index contributed by atoms with van der Waals surface area (Å²) in [7, 11) is 1.57. The van der Waals surface area contributed by atoms with Crippen molar-refractivity contribution in [2.75, 3.05) is 23.9 Å². The average Bonchev–Trinajstić information content (AvgIpc) is 2.95. The molecule has 4 rings (SSSR count). The SMILES string of the molecule is CCc1ccc(C2=Nc3ccccc3N(CC(=O)Nc3cccc(OC)c3)C(=O)C2)cc1. The summed E-state index contributed by atoms with van der Waals surface area (Å²) >= 11 is 0. The predicted octanol–water partition coefficient (Wildman–Crippen LogP) is 4.75. The maximum Gasteiger partial charge on any atom is 0.244 e. The molecule has 0 spiro atoms. The van der Waals surface area contributed by atoms with E-state index in [9.17, 15) is 9.59 Å². The number of aliphatic imine (C=N–C) groups is 1. The Morgan fingerprint density at radius 3 is 2.59 bits per heavy atom. The smallest absolute Gasteiger partial charge is 0.244 e. The molecule has 0 fully saturated rings. The van der Waals surface area contributed by atoms with Gasteiger partial charge in [-0.05, 0) is 41.8 Å². The lowest BCUT2D eigenvalue weighted by molar-refractivity contribution is -0.120. The monoisotopic (exact) mass is 427 g/mol. The zero-order valence-corrected chi connectivity index (χ0v) is 18.2. The highest BCUT2D eigenvalue weighted by Crippen LogP contribution is 2.33. The number of aryl methyl sites for hydroxylation is 1. The molecule has 0 aliphatic carbocycles. The molecule has 0 saturated carbocycles. The van der Waals surface area contributed by atoms with E-state index in [1.54, 1.807) is 31.4 Å². The van der Waals surface area contributed by atoms with Crippen molar-refractivity contribution in [2.24, 2.45) is 4.99 Å². The summed E-state index contributed by atoms with van der Waals surface area (Å²) in [5, 5.41) is 2.84. The van der Waals surface area contributed by atoms with Crippen LogP contribution in [-0.4, -0.2) is 31.2 Å². The third-order valence-electron chi connectivity index (χ3n) is 5.40. The molecule has 0 saturated heterocycles. The number of anilines is 2. The van der Waals surface area contributed by atoms with E-state index < -0.39 is 0 Å². The standard InChI is InChI=1S/C26H25N3O3/c1-3-18-11-13-19(14-12-18)23-16-26(31)29(24-10-5-4-9-22(24)28-23)17-25(30)27-20-7-6-8-21(15-20)32-2/h4-15H,3,16-17H2,1-2H3,(H,27,30). The zero-order valence-electron chi connectivity index (χ0n) is 18.2. The maximum absolute atomic E-state index is 13.2. The van der Waals surface area contributed by atoms with Crippen molar-refractivity contribution in [1.82, 2.24) is 0 Å². The van der Waals surface area contributed by atoms with E-state index in [2.05, 4.69) is 24.4 Å². The number of hydrogen-bond donors (Lipinski definition) is 1. The number of hydrogen-bond acceptors (Lipinski definition) is 4. The fourth-order valence-corrected chi connectivity index (χ4v) is 3.66. The topological polar surface area (TPSA) is 71.0 Å². The number of para-hydroxylation sites is 2. The van der Waals surface area contributed by atoms with Crippen molar-refractivity contribution in [3.8, 4) is 5.75 Å². The quantitative estimate of drug-likeness (QED) is 0.617. The summed E-state index contributed by atoms with van der Waals surface area (Å²) in [6.07, 6.45) is 1.07. The van der Waals surface area contributed by atoms with E-state index in [0.717, 1.165) is 12.0 Å². The minimum Gasteiger partial charge on any atom is -0.497 e. The zero-order chi connectivity index (χ0) is 22.5. The molecule has 2 amide bonds. The Morgan fingerprint density at radius 1 is 1.06 bits per heavy atom. The highest BCUT2D eigenvalue weighted by Gasteiger charge is 2.26. The van der Waals surface area contributed by atoms with Gasteiger partial charge in [0.25, 0.3) is 0 Å². The molecule has 1 aliphatic rings. The van der Waals surface area contributed by atoms with E-state index in [-0.39, 0.29) is 24.8 Å². The number of nitrogens with one attached hydrogen (secondary N) is 1. The van der Waals surface area contributed by atoms with E-state index in [1.165, 1.54) is 10.5 Å². The van der Waals surface area contributed by atoms with Crippen LogP contribution in [0.15, 0.2) is 77.8 Å². The molecule has 32 heavy (non-hydrogen) atoms. The molecule has 6 heteroatoms. The molecule has 1 N–H and O–H groups in total. The van der Waals surface area contributed by atoms with Gasteiger partial charge in [0, 0.05) is 11.8 Å². The van der Waals surface area contributed by atoms with Gasteiger partial charge in [-0.1, -0.05) is 49.4 Å². The van der Waals surface area contributed by atoms with Crippen molar-refractivity contribution >= 4 is 34.6 Å². The summed E-state index contributed by atoms with van der Waals surface area (Å²) in [5.74, 6) is 0.178. The number of methoxy groups -OCH3 is 1. The van der Waals surface area contributed by atoms with Crippen LogP contribution in [0.2, 0.25) is 0 Å². The van der Waals surface area contributed by atoms with Crippen molar-refractivity contribution in [2.45, 2.75) is 19.8 Å². The van der Waals surface area contributed by atoms with Crippen molar-refractivity contribution < 1.29 is 14.3 Å². The number of carbonyl (C=O) groups is 2. The van der Waals surface area contributed by atoms with Gasteiger partial charge in [0.2, 0.25) is 11.8 Å². The first kappa shape index (κ1) is 21.3. The second-order valence-electron chi connectivity index (χ2n) is 7.53. The number of benzene rings is 3. The van der Waals surface area contributed by atoms with Gasteiger partial charge in [-0.3, -0.25) is 14.6 Å². The van der Waals surface area contributed by atoms with Crippen LogP contribution in [0.4, 0.5) is 17.1 Å². The summed E-state index contributed by atoms with van der Waals surface area (Å²) in [4.78, 5) is 32.3. The molecule has 0 unspecified atom stereocenters. The van der Waals surface area contributed by atoms with Gasteiger partial charge in [0.1, 0.15) is 12.3 Å². The first-order valence-corrected chi connectivity index (χ1v) is 10.6.